The molecule has 7 heteroatoms. The van der Waals surface area contributed by atoms with E-state index in [1.807, 2.05) is 30.5 Å². The Morgan fingerprint density at radius 1 is 1.17 bits per heavy atom. The van der Waals surface area contributed by atoms with Gasteiger partial charge in [0.25, 0.3) is 5.91 Å². The van der Waals surface area contributed by atoms with Gasteiger partial charge in [0.1, 0.15) is 0 Å². The average Bonchev–Trinajstić information content (AvgIpc) is 3.01. The number of nitrogens with zero attached hydrogens (tertiary/aromatic N) is 1. The summed E-state index contributed by atoms with van der Waals surface area (Å²) in [5.74, 6) is -0.0600. The molecule has 0 saturated heterocycles. The van der Waals surface area contributed by atoms with Crippen LogP contribution in [0, 0.1) is 6.92 Å². The molecule has 0 saturated carbocycles. The molecule has 0 bridgehead atoms. The molecule has 2 aromatic heterocycles. The van der Waals surface area contributed by atoms with Gasteiger partial charge < -0.3 is 10.6 Å². The van der Waals surface area contributed by atoms with Crippen LogP contribution < -0.4 is 10.6 Å². The smallest absolute Gasteiger partial charge is 0.253 e. The number of rotatable bonds is 7. The quantitative estimate of drug-likeness (QED) is 0.725. The van der Waals surface area contributed by atoms with Gasteiger partial charge >= 0.3 is 0 Å². The van der Waals surface area contributed by atoms with E-state index >= 15 is 0 Å². The first-order valence-electron chi connectivity index (χ1n) is 7.21. The molecule has 1 amide bonds. The Morgan fingerprint density at radius 3 is 2.57 bits per heavy atom. The van der Waals surface area contributed by atoms with Crippen molar-refractivity contribution in [3.8, 4) is 11.3 Å². The summed E-state index contributed by atoms with van der Waals surface area (Å²) in [6, 6.07) is 5.79. The third kappa shape index (κ3) is 6.47. The van der Waals surface area contributed by atoms with Crippen molar-refractivity contribution in [3.63, 3.8) is 0 Å². The minimum Gasteiger partial charge on any atom is -0.351 e. The number of carbonyl (C=O) groups excluding carboxylic acids is 1. The number of amides is 1. The Balaban J connectivity index is 0.00000242. The number of hydrogen-bond donors (Lipinski definition) is 2. The van der Waals surface area contributed by atoms with E-state index in [0.29, 0.717) is 12.1 Å². The van der Waals surface area contributed by atoms with E-state index in [0.717, 1.165) is 36.5 Å². The fourth-order valence-electron chi connectivity index (χ4n) is 2.03. The van der Waals surface area contributed by atoms with Gasteiger partial charge in [-0.3, -0.25) is 9.78 Å². The van der Waals surface area contributed by atoms with Gasteiger partial charge in [0.15, 0.2) is 0 Å². The topological polar surface area (TPSA) is 54.0 Å². The van der Waals surface area contributed by atoms with Crippen LogP contribution in [0.15, 0.2) is 29.0 Å². The van der Waals surface area contributed by atoms with E-state index in [4.69, 9.17) is 0 Å². The Morgan fingerprint density at radius 2 is 1.96 bits per heavy atom. The average molecular weight is 376 g/mol. The van der Waals surface area contributed by atoms with Gasteiger partial charge in [0, 0.05) is 24.0 Å². The second kappa shape index (κ2) is 11.4. The lowest BCUT2D eigenvalue weighted by molar-refractivity contribution is 0.0953. The maximum absolute atomic E-state index is 12.1. The van der Waals surface area contributed by atoms with Crippen LogP contribution in [0.4, 0.5) is 0 Å². The number of nitrogens with one attached hydrogen (secondary N) is 2. The number of hydrogen-bond acceptors (Lipinski definition) is 4. The number of carbonyl (C=O) groups is 1. The minimum absolute atomic E-state index is 0. The summed E-state index contributed by atoms with van der Waals surface area (Å²) < 4.78 is 0. The summed E-state index contributed by atoms with van der Waals surface area (Å²) in [5.41, 5.74) is 3.41. The van der Waals surface area contributed by atoms with Gasteiger partial charge in [-0.2, -0.15) is 11.3 Å². The molecule has 2 heterocycles. The van der Waals surface area contributed by atoms with Gasteiger partial charge in [-0.15, -0.1) is 24.8 Å². The van der Waals surface area contributed by atoms with Crippen LogP contribution in [0.3, 0.4) is 0 Å². The lowest BCUT2D eigenvalue weighted by Crippen LogP contribution is -2.32. The zero-order valence-electron chi connectivity index (χ0n) is 13.3. The maximum Gasteiger partial charge on any atom is 0.253 e. The van der Waals surface area contributed by atoms with Crippen LogP contribution in [0.5, 0.6) is 0 Å². The molecular weight excluding hydrogens is 353 g/mol. The van der Waals surface area contributed by atoms with Crippen LogP contribution in [0.1, 0.15) is 29.4 Å². The molecule has 0 atom stereocenters. The molecule has 0 unspecified atom stereocenters. The summed E-state index contributed by atoms with van der Waals surface area (Å²) in [7, 11) is 0. The molecule has 23 heavy (non-hydrogen) atoms. The molecule has 0 aliphatic heterocycles. The highest BCUT2D eigenvalue weighted by atomic mass is 35.5. The standard InChI is InChI=1S/C16H21N3OS.2ClH/c1-3-7-17-8-9-18-16(20)14-4-5-15(19-12(14)2)13-6-10-21-11-13;;/h4-6,10-11,17H,3,7-9H2,1-2H3,(H,18,20);2*1H. The van der Waals surface area contributed by atoms with Gasteiger partial charge in [-0.05, 0) is 43.5 Å². The second-order valence-corrected chi connectivity index (χ2v) is 5.63. The monoisotopic (exact) mass is 375 g/mol. The van der Waals surface area contributed by atoms with Crippen LogP contribution >= 0.6 is 36.2 Å². The molecule has 0 radical (unpaired) electrons. The molecule has 2 N–H and O–H groups in total. The normalized spacial score (nSPS) is 9.65. The van der Waals surface area contributed by atoms with Crippen molar-refractivity contribution in [1.82, 2.24) is 15.6 Å². The molecule has 0 aliphatic carbocycles. The highest BCUT2D eigenvalue weighted by Crippen LogP contribution is 2.21. The van der Waals surface area contributed by atoms with Crippen molar-refractivity contribution in [1.29, 1.82) is 0 Å². The van der Waals surface area contributed by atoms with Crippen LogP contribution in [0.2, 0.25) is 0 Å². The van der Waals surface area contributed by atoms with Crippen molar-refractivity contribution >= 4 is 42.1 Å². The zero-order chi connectivity index (χ0) is 15.1. The van der Waals surface area contributed by atoms with Crippen molar-refractivity contribution < 1.29 is 4.79 Å². The fourth-order valence-corrected chi connectivity index (χ4v) is 2.68. The van der Waals surface area contributed by atoms with Crippen molar-refractivity contribution in [2.24, 2.45) is 0 Å². The number of aromatic nitrogens is 1. The molecule has 2 aromatic rings. The lowest BCUT2D eigenvalue weighted by atomic mass is 10.1. The summed E-state index contributed by atoms with van der Waals surface area (Å²) in [6.45, 7) is 6.39. The van der Waals surface area contributed by atoms with Crippen molar-refractivity contribution in [2.75, 3.05) is 19.6 Å². The van der Waals surface area contributed by atoms with Gasteiger partial charge in [0.2, 0.25) is 0 Å². The maximum atomic E-state index is 12.1. The molecule has 2 rings (SSSR count). The summed E-state index contributed by atoms with van der Waals surface area (Å²) in [5, 5.41) is 10.2. The third-order valence-corrected chi connectivity index (χ3v) is 3.84. The lowest BCUT2D eigenvalue weighted by Gasteiger charge is -2.09. The predicted molar refractivity (Wildman–Crippen MR) is 102 cm³/mol. The fraction of sp³-hybridized carbons (Fsp3) is 0.375. The van der Waals surface area contributed by atoms with E-state index in [1.165, 1.54) is 0 Å². The molecular formula is C16H23Cl2N3OS. The molecule has 0 aromatic carbocycles. The summed E-state index contributed by atoms with van der Waals surface area (Å²) >= 11 is 1.64. The highest BCUT2D eigenvalue weighted by Gasteiger charge is 2.11. The Labute approximate surface area is 153 Å². The first-order valence-corrected chi connectivity index (χ1v) is 8.15. The van der Waals surface area contributed by atoms with Crippen LogP contribution in [-0.4, -0.2) is 30.5 Å². The van der Waals surface area contributed by atoms with E-state index in [2.05, 4.69) is 27.9 Å². The van der Waals surface area contributed by atoms with E-state index in [9.17, 15) is 4.79 Å². The Hall–Kier alpha value is -1.14. The molecule has 128 valence electrons. The second-order valence-electron chi connectivity index (χ2n) is 4.85. The number of thiophene rings is 1. The van der Waals surface area contributed by atoms with Crippen molar-refractivity contribution in [3.05, 3.63) is 40.2 Å². The van der Waals surface area contributed by atoms with E-state index < -0.39 is 0 Å². The number of pyridine rings is 1. The zero-order valence-corrected chi connectivity index (χ0v) is 15.7. The Kier molecular flexibility index (Phi) is 10.8. The SMILES string of the molecule is CCCNCCNC(=O)c1ccc(-c2ccsc2)nc1C.Cl.Cl. The molecule has 0 spiro atoms. The van der Waals surface area contributed by atoms with E-state index in [1.54, 1.807) is 11.3 Å². The largest absolute Gasteiger partial charge is 0.351 e. The van der Waals surface area contributed by atoms with Crippen molar-refractivity contribution in [2.45, 2.75) is 20.3 Å². The number of aryl methyl sites for hydroxylation is 1. The van der Waals surface area contributed by atoms with Crippen LogP contribution in [-0.2, 0) is 0 Å². The third-order valence-electron chi connectivity index (χ3n) is 3.16. The molecule has 4 nitrogen and oxygen atoms in total. The predicted octanol–water partition coefficient (Wildman–Crippen LogP) is 3.69. The minimum atomic E-state index is -0.0600. The molecule has 0 fully saturated rings. The Bertz CT molecular complexity index is 591. The number of halogens is 2. The van der Waals surface area contributed by atoms with Gasteiger partial charge in [-0.1, -0.05) is 6.92 Å². The first kappa shape index (κ1) is 21.9. The van der Waals surface area contributed by atoms with Crippen LogP contribution in [0.25, 0.3) is 11.3 Å². The van der Waals surface area contributed by atoms with E-state index in [-0.39, 0.29) is 30.7 Å². The summed E-state index contributed by atoms with van der Waals surface area (Å²) in [6.07, 6.45) is 1.10. The molecule has 0 aliphatic rings. The summed E-state index contributed by atoms with van der Waals surface area (Å²) in [4.78, 5) is 16.6. The van der Waals surface area contributed by atoms with Gasteiger partial charge in [-0.25, -0.2) is 0 Å². The van der Waals surface area contributed by atoms with Gasteiger partial charge in [0.05, 0.1) is 17.0 Å². The highest BCUT2D eigenvalue weighted by molar-refractivity contribution is 7.08. The first-order chi connectivity index (χ1) is 10.2.